The molecule has 8 nitrogen and oxygen atoms in total. The van der Waals surface area contributed by atoms with Gasteiger partial charge < -0.3 is 26.0 Å². The maximum Gasteiger partial charge on any atom is 0.329 e. The minimum absolute atomic E-state index is 0.0434. The lowest BCUT2D eigenvalue weighted by Crippen LogP contribution is -2.57. The van der Waals surface area contributed by atoms with Crippen LogP contribution in [0.1, 0.15) is 44.6 Å². The van der Waals surface area contributed by atoms with Gasteiger partial charge in [-0.3, -0.25) is 9.59 Å². The number of benzene rings is 1. The molecular weight excluding hydrogens is 424 g/mol. The Morgan fingerprint density at radius 1 is 1.21 bits per heavy atom. The lowest BCUT2D eigenvalue weighted by molar-refractivity contribution is -0.147. The van der Waals surface area contributed by atoms with Gasteiger partial charge in [0.2, 0.25) is 5.91 Å². The second-order valence-corrected chi connectivity index (χ2v) is 9.28. The minimum Gasteiger partial charge on any atom is -0.508 e. The number of phenols is 1. The van der Waals surface area contributed by atoms with Gasteiger partial charge in [0, 0.05) is 25.3 Å². The van der Waals surface area contributed by atoms with E-state index in [0.717, 1.165) is 0 Å². The summed E-state index contributed by atoms with van der Waals surface area (Å²) in [5.41, 5.74) is -1.77. The molecule has 0 saturated carbocycles. The number of Topliss-reactive ketones (excluding diaryl/α,β-unsaturated/α-hetero) is 1. The summed E-state index contributed by atoms with van der Waals surface area (Å²) in [6.07, 6.45) is 9.64. The number of phenolic OH excluding ortho intramolecular Hbond substituents is 1. The molecule has 33 heavy (non-hydrogen) atoms. The summed E-state index contributed by atoms with van der Waals surface area (Å²) in [5, 5.41) is 35.3. The van der Waals surface area contributed by atoms with E-state index >= 15 is 0 Å². The molecule has 178 valence electrons. The average molecular weight is 457 g/mol. The maximum atomic E-state index is 12.8. The predicted octanol–water partition coefficient (Wildman–Crippen LogP) is 1.86. The first-order chi connectivity index (χ1) is 15.6. The molecule has 2 aliphatic rings. The predicted molar refractivity (Wildman–Crippen MR) is 123 cm³/mol. The van der Waals surface area contributed by atoms with Crippen molar-refractivity contribution < 1.29 is 29.7 Å². The number of carboxylic acid groups (broad SMARTS) is 1. The first-order valence-electron chi connectivity index (χ1n) is 11.3. The van der Waals surface area contributed by atoms with E-state index in [1.54, 1.807) is 18.2 Å². The van der Waals surface area contributed by atoms with Crippen molar-refractivity contribution >= 4 is 17.7 Å². The van der Waals surface area contributed by atoms with Crippen molar-refractivity contribution in [3.8, 4) is 5.75 Å². The van der Waals surface area contributed by atoms with Gasteiger partial charge in [-0.2, -0.15) is 0 Å². The molecular formula is C25H32N2O6. The maximum absolute atomic E-state index is 12.8. The number of aliphatic carboxylic acids is 1. The summed E-state index contributed by atoms with van der Waals surface area (Å²) in [5.74, 6) is -1.82. The third-order valence-corrected chi connectivity index (χ3v) is 6.43. The number of nitrogens with one attached hydrogen (secondary N) is 2. The third kappa shape index (κ3) is 6.52. The normalized spacial score (nSPS) is 26.0. The van der Waals surface area contributed by atoms with Crippen LogP contribution < -0.4 is 10.6 Å². The van der Waals surface area contributed by atoms with Gasteiger partial charge in [0.1, 0.15) is 17.1 Å². The van der Waals surface area contributed by atoms with Crippen LogP contribution in [-0.4, -0.2) is 56.7 Å². The number of amides is 1. The smallest absolute Gasteiger partial charge is 0.329 e. The topological polar surface area (TPSA) is 136 Å². The Labute approximate surface area is 193 Å². The lowest BCUT2D eigenvalue weighted by atomic mass is 9.88. The van der Waals surface area contributed by atoms with Crippen molar-refractivity contribution in [2.75, 3.05) is 6.54 Å². The zero-order valence-electron chi connectivity index (χ0n) is 18.8. The Morgan fingerprint density at radius 2 is 1.94 bits per heavy atom. The van der Waals surface area contributed by atoms with Crippen LogP contribution in [0.4, 0.5) is 0 Å². The fraction of sp³-hybridized carbons (Fsp3) is 0.480. The van der Waals surface area contributed by atoms with Crippen LogP contribution in [0.3, 0.4) is 0 Å². The van der Waals surface area contributed by atoms with E-state index < -0.39 is 29.1 Å². The monoisotopic (exact) mass is 456 g/mol. The Kier molecular flexibility index (Phi) is 7.71. The van der Waals surface area contributed by atoms with Gasteiger partial charge in [0.15, 0.2) is 0 Å². The van der Waals surface area contributed by atoms with Crippen LogP contribution in [0, 0.1) is 5.92 Å². The van der Waals surface area contributed by atoms with E-state index in [4.69, 9.17) is 0 Å². The van der Waals surface area contributed by atoms with Crippen LogP contribution >= 0.6 is 0 Å². The van der Waals surface area contributed by atoms with Gasteiger partial charge in [-0.1, -0.05) is 36.4 Å². The highest BCUT2D eigenvalue weighted by Gasteiger charge is 2.40. The first kappa shape index (κ1) is 24.7. The standard InChI is InChI=1S/C25H32N2O6/c1-24(23(31)32,15-17-7-9-19(28)10-8-17)27-22(30)20-14-18(16-26-20)21(29)6-5-13-25(33)11-3-2-4-12-25/h2-4,7-11,18,20,26,28,33H,5-6,12-16H2,1H3,(H,27,30)(H,31,32)/t18?,20-,24-,25?/m0/s1. The molecule has 4 atom stereocenters. The van der Waals surface area contributed by atoms with E-state index in [1.165, 1.54) is 19.1 Å². The number of allylic oxidation sites excluding steroid dienone is 2. The third-order valence-electron chi connectivity index (χ3n) is 6.43. The summed E-state index contributed by atoms with van der Waals surface area (Å²) >= 11 is 0. The molecule has 1 aromatic rings. The van der Waals surface area contributed by atoms with Gasteiger partial charge in [-0.25, -0.2) is 4.79 Å². The molecule has 5 N–H and O–H groups in total. The van der Waals surface area contributed by atoms with Crippen molar-refractivity contribution in [1.82, 2.24) is 10.6 Å². The number of carbonyl (C=O) groups is 3. The molecule has 1 heterocycles. The summed E-state index contributed by atoms with van der Waals surface area (Å²) in [6.45, 7) is 1.81. The Bertz CT molecular complexity index is 941. The number of aliphatic hydroxyl groups is 1. The molecule has 3 rings (SSSR count). The summed E-state index contributed by atoms with van der Waals surface area (Å²) < 4.78 is 0. The van der Waals surface area contributed by atoms with E-state index in [9.17, 15) is 29.7 Å². The molecule has 0 radical (unpaired) electrons. The first-order valence-corrected chi connectivity index (χ1v) is 11.3. The Balaban J connectivity index is 1.50. The minimum atomic E-state index is -1.53. The highest BCUT2D eigenvalue weighted by molar-refractivity contribution is 5.91. The van der Waals surface area contributed by atoms with Gasteiger partial charge in [0.25, 0.3) is 0 Å². The second kappa shape index (κ2) is 10.3. The number of ketones is 1. The zero-order chi connectivity index (χ0) is 24.1. The Morgan fingerprint density at radius 3 is 2.58 bits per heavy atom. The van der Waals surface area contributed by atoms with Crippen LogP contribution in [0.25, 0.3) is 0 Å². The molecule has 1 amide bonds. The molecule has 1 aliphatic carbocycles. The van der Waals surface area contributed by atoms with Gasteiger partial charge in [0.05, 0.1) is 11.6 Å². The van der Waals surface area contributed by atoms with E-state index in [0.29, 0.717) is 44.2 Å². The number of carboxylic acids is 1. The second-order valence-electron chi connectivity index (χ2n) is 9.28. The SMILES string of the molecule is C[C@@](Cc1ccc(O)cc1)(NC(=O)[C@@H]1CC(C(=O)CCCC2(O)C=CC=CC2)CN1)C(=O)O. The number of rotatable bonds is 10. The van der Waals surface area contributed by atoms with Crippen molar-refractivity contribution in [3.05, 3.63) is 54.1 Å². The van der Waals surface area contributed by atoms with Crippen LogP contribution in [-0.2, 0) is 20.8 Å². The van der Waals surface area contributed by atoms with Gasteiger partial charge in [-0.15, -0.1) is 0 Å². The van der Waals surface area contributed by atoms with Crippen LogP contribution in [0.15, 0.2) is 48.6 Å². The molecule has 1 aliphatic heterocycles. The molecule has 0 aromatic heterocycles. The summed E-state index contributed by atoms with van der Waals surface area (Å²) in [6, 6.07) is 5.51. The van der Waals surface area contributed by atoms with Gasteiger partial charge in [-0.05, 0) is 50.3 Å². The quantitative estimate of drug-likeness (QED) is 0.363. The van der Waals surface area contributed by atoms with Gasteiger partial charge >= 0.3 is 5.97 Å². The van der Waals surface area contributed by atoms with E-state index in [1.807, 2.05) is 18.2 Å². The summed E-state index contributed by atoms with van der Waals surface area (Å²) in [7, 11) is 0. The highest BCUT2D eigenvalue weighted by atomic mass is 16.4. The number of hydrogen-bond donors (Lipinski definition) is 5. The molecule has 1 aromatic carbocycles. The molecule has 8 heteroatoms. The van der Waals surface area contributed by atoms with Crippen molar-refractivity contribution in [2.24, 2.45) is 5.92 Å². The molecule has 2 unspecified atom stereocenters. The van der Waals surface area contributed by atoms with Crippen LogP contribution in [0.2, 0.25) is 0 Å². The molecule has 1 saturated heterocycles. The number of carbonyl (C=O) groups excluding carboxylic acids is 2. The molecule has 0 spiro atoms. The van der Waals surface area contributed by atoms with Crippen molar-refractivity contribution in [2.45, 2.75) is 62.6 Å². The average Bonchev–Trinajstić information content (AvgIpc) is 3.26. The van der Waals surface area contributed by atoms with Crippen molar-refractivity contribution in [1.29, 1.82) is 0 Å². The number of hydrogen-bond acceptors (Lipinski definition) is 6. The summed E-state index contributed by atoms with van der Waals surface area (Å²) in [4.78, 5) is 37.3. The lowest BCUT2D eigenvalue weighted by Gasteiger charge is -2.28. The van der Waals surface area contributed by atoms with E-state index in [2.05, 4.69) is 10.6 Å². The van der Waals surface area contributed by atoms with Crippen LogP contribution in [0.5, 0.6) is 5.75 Å². The zero-order valence-corrected chi connectivity index (χ0v) is 18.8. The number of aromatic hydroxyl groups is 1. The Hall–Kier alpha value is -2.97. The fourth-order valence-electron chi connectivity index (χ4n) is 4.35. The molecule has 1 fully saturated rings. The van der Waals surface area contributed by atoms with Crippen molar-refractivity contribution in [3.63, 3.8) is 0 Å². The largest absolute Gasteiger partial charge is 0.508 e. The molecule has 0 bridgehead atoms. The fourth-order valence-corrected chi connectivity index (χ4v) is 4.35. The highest BCUT2D eigenvalue weighted by Crippen LogP contribution is 2.26. The van der Waals surface area contributed by atoms with E-state index in [-0.39, 0.29) is 23.9 Å².